The number of para-hydroxylation sites is 2. The van der Waals surface area contributed by atoms with E-state index in [1.54, 1.807) is 26.4 Å². The Morgan fingerprint density at radius 3 is 2.78 bits per heavy atom. The van der Waals surface area contributed by atoms with E-state index in [-0.39, 0.29) is 18.2 Å². The van der Waals surface area contributed by atoms with Crippen molar-refractivity contribution in [3.8, 4) is 17.2 Å². The van der Waals surface area contributed by atoms with E-state index in [0.717, 1.165) is 17.1 Å². The van der Waals surface area contributed by atoms with Crippen LogP contribution in [-0.4, -0.2) is 38.7 Å². The minimum atomic E-state index is -0.841. The molecule has 0 radical (unpaired) electrons. The average molecular weight is 370 g/mol. The van der Waals surface area contributed by atoms with Gasteiger partial charge in [-0.25, -0.2) is 0 Å². The lowest BCUT2D eigenvalue weighted by Crippen LogP contribution is -2.41. The summed E-state index contributed by atoms with van der Waals surface area (Å²) in [5, 5.41) is 5.57. The molecule has 2 amide bonds. The van der Waals surface area contributed by atoms with Gasteiger partial charge in [0.2, 0.25) is 5.91 Å². The Bertz CT molecular complexity index is 837. The maximum absolute atomic E-state index is 12.2. The second-order valence-corrected chi connectivity index (χ2v) is 6.07. The first kappa shape index (κ1) is 18.6. The molecule has 0 fully saturated rings. The molecule has 3 rings (SSSR count). The minimum absolute atomic E-state index is 0.0462. The number of benzene rings is 2. The van der Waals surface area contributed by atoms with E-state index >= 15 is 0 Å². The number of amides is 2. The zero-order valence-electron chi connectivity index (χ0n) is 15.3. The van der Waals surface area contributed by atoms with Gasteiger partial charge in [-0.3, -0.25) is 9.59 Å². The van der Waals surface area contributed by atoms with Crippen LogP contribution < -0.4 is 24.8 Å². The molecular formula is C20H22N2O5. The van der Waals surface area contributed by atoms with Crippen molar-refractivity contribution < 1.29 is 23.8 Å². The summed E-state index contributed by atoms with van der Waals surface area (Å²) >= 11 is 0. The monoisotopic (exact) mass is 370 g/mol. The zero-order valence-corrected chi connectivity index (χ0v) is 15.3. The first-order chi connectivity index (χ1) is 13.1. The molecule has 1 aliphatic rings. The standard InChI is InChI=1S/C20H22N2O5/c1-25-14-7-8-16(26-2)13(11-14)9-10-21-19(23)12-18-20(24)22-15-5-3-4-6-17(15)27-18/h3-8,11,18H,9-10,12H2,1-2H3,(H,21,23)(H,22,24)/t18-/m1/s1. The molecule has 2 N–H and O–H groups in total. The second-order valence-electron chi connectivity index (χ2n) is 6.07. The summed E-state index contributed by atoms with van der Waals surface area (Å²) in [5.41, 5.74) is 1.54. The van der Waals surface area contributed by atoms with Gasteiger partial charge < -0.3 is 24.8 Å². The van der Waals surface area contributed by atoms with E-state index in [1.165, 1.54) is 0 Å². The maximum atomic E-state index is 12.2. The number of methoxy groups -OCH3 is 2. The minimum Gasteiger partial charge on any atom is -0.497 e. The molecule has 0 saturated carbocycles. The molecule has 7 heteroatoms. The van der Waals surface area contributed by atoms with Crippen LogP contribution in [0.2, 0.25) is 0 Å². The van der Waals surface area contributed by atoms with Gasteiger partial charge in [-0.05, 0) is 42.3 Å². The second kappa shape index (κ2) is 8.44. The Morgan fingerprint density at radius 1 is 1.19 bits per heavy atom. The summed E-state index contributed by atoms with van der Waals surface area (Å²) < 4.78 is 16.2. The molecule has 2 aromatic rings. The molecule has 1 atom stereocenters. The topological polar surface area (TPSA) is 85.9 Å². The fraction of sp³-hybridized carbons (Fsp3) is 0.300. The number of anilines is 1. The largest absolute Gasteiger partial charge is 0.497 e. The van der Waals surface area contributed by atoms with Crippen LogP contribution in [0.3, 0.4) is 0 Å². The third-order valence-corrected chi connectivity index (χ3v) is 4.28. The van der Waals surface area contributed by atoms with Gasteiger partial charge in [0, 0.05) is 6.54 Å². The van der Waals surface area contributed by atoms with Crippen molar-refractivity contribution >= 4 is 17.5 Å². The summed E-state index contributed by atoms with van der Waals surface area (Å²) in [6, 6.07) is 12.7. The first-order valence-corrected chi connectivity index (χ1v) is 8.65. The van der Waals surface area contributed by atoms with Crippen LogP contribution in [0.1, 0.15) is 12.0 Å². The molecule has 0 aliphatic carbocycles. The number of fused-ring (bicyclic) bond motifs is 1. The van der Waals surface area contributed by atoms with Gasteiger partial charge in [-0.2, -0.15) is 0 Å². The molecular weight excluding hydrogens is 348 g/mol. The fourth-order valence-corrected chi connectivity index (χ4v) is 2.88. The average Bonchev–Trinajstić information content (AvgIpc) is 2.68. The van der Waals surface area contributed by atoms with E-state index in [0.29, 0.717) is 24.4 Å². The SMILES string of the molecule is COc1ccc(OC)c(CCNC(=O)C[C@H]2Oc3ccccc3NC2=O)c1. The Kier molecular flexibility index (Phi) is 5.80. The smallest absolute Gasteiger partial charge is 0.266 e. The molecule has 0 unspecified atom stereocenters. The lowest BCUT2D eigenvalue weighted by atomic mass is 10.1. The Morgan fingerprint density at radius 2 is 2.00 bits per heavy atom. The molecule has 0 bridgehead atoms. The van der Waals surface area contributed by atoms with Crippen LogP contribution in [0, 0.1) is 0 Å². The number of ether oxygens (including phenoxy) is 3. The van der Waals surface area contributed by atoms with Crippen LogP contribution in [0.4, 0.5) is 5.69 Å². The van der Waals surface area contributed by atoms with Crippen molar-refractivity contribution in [3.63, 3.8) is 0 Å². The molecule has 7 nitrogen and oxygen atoms in total. The molecule has 2 aromatic carbocycles. The van der Waals surface area contributed by atoms with Crippen molar-refractivity contribution in [1.82, 2.24) is 5.32 Å². The fourth-order valence-electron chi connectivity index (χ4n) is 2.88. The number of carbonyl (C=O) groups excluding carboxylic acids is 2. The van der Waals surface area contributed by atoms with E-state index in [1.807, 2.05) is 30.3 Å². The van der Waals surface area contributed by atoms with Crippen LogP contribution >= 0.6 is 0 Å². The van der Waals surface area contributed by atoms with E-state index in [4.69, 9.17) is 14.2 Å². The summed E-state index contributed by atoms with van der Waals surface area (Å²) in [7, 11) is 3.20. The first-order valence-electron chi connectivity index (χ1n) is 8.65. The highest BCUT2D eigenvalue weighted by Gasteiger charge is 2.29. The third kappa shape index (κ3) is 4.49. The number of hydrogen-bond donors (Lipinski definition) is 2. The molecule has 142 valence electrons. The molecule has 0 saturated heterocycles. The number of hydrogen-bond acceptors (Lipinski definition) is 5. The van der Waals surface area contributed by atoms with Crippen LogP contribution in [0.25, 0.3) is 0 Å². The molecule has 1 aliphatic heterocycles. The predicted molar refractivity (Wildman–Crippen MR) is 100 cm³/mol. The van der Waals surface area contributed by atoms with Crippen molar-refractivity contribution in [3.05, 3.63) is 48.0 Å². The maximum Gasteiger partial charge on any atom is 0.266 e. The van der Waals surface area contributed by atoms with Gasteiger partial charge in [0.15, 0.2) is 6.10 Å². The number of nitrogens with one attached hydrogen (secondary N) is 2. The summed E-state index contributed by atoms with van der Waals surface area (Å²) in [5.74, 6) is 1.45. The quantitative estimate of drug-likeness (QED) is 0.780. The summed E-state index contributed by atoms with van der Waals surface area (Å²) in [6.07, 6.45) is -0.312. The van der Waals surface area contributed by atoms with Crippen LogP contribution in [-0.2, 0) is 16.0 Å². The molecule has 1 heterocycles. The molecule has 27 heavy (non-hydrogen) atoms. The molecule has 0 aromatic heterocycles. The lowest BCUT2D eigenvalue weighted by molar-refractivity contribution is -0.130. The lowest BCUT2D eigenvalue weighted by Gasteiger charge is -2.25. The van der Waals surface area contributed by atoms with Crippen molar-refractivity contribution in [2.75, 3.05) is 26.1 Å². The van der Waals surface area contributed by atoms with Crippen molar-refractivity contribution in [2.45, 2.75) is 18.9 Å². The van der Waals surface area contributed by atoms with Gasteiger partial charge in [0.25, 0.3) is 5.91 Å². The number of rotatable bonds is 7. The zero-order chi connectivity index (χ0) is 19.2. The highest BCUT2D eigenvalue weighted by atomic mass is 16.5. The van der Waals surface area contributed by atoms with E-state index in [2.05, 4.69) is 10.6 Å². The Labute approximate surface area is 157 Å². The van der Waals surface area contributed by atoms with E-state index < -0.39 is 6.10 Å². The Hall–Kier alpha value is -3.22. The van der Waals surface area contributed by atoms with Gasteiger partial charge >= 0.3 is 0 Å². The van der Waals surface area contributed by atoms with Crippen LogP contribution in [0.5, 0.6) is 17.2 Å². The van der Waals surface area contributed by atoms with Gasteiger partial charge in [0.1, 0.15) is 17.2 Å². The highest BCUT2D eigenvalue weighted by Crippen LogP contribution is 2.29. The molecule has 0 spiro atoms. The summed E-state index contributed by atoms with van der Waals surface area (Å²) in [6.45, 7) is 0.410. The van der Waals surface area contributed by atoms with Crippen molar-refractivity contribution in [2.24, 2.45) is 0 Å². The van der Waals surface area contributed by atoms with Crippen molar-refractivity contribution in [1.29, 1.82) is 0 Å². The van der Waals surface area contributed by atoms with E-state index in [9.17, 15) is 9.59 Å². The van der Waals surface area contributed by atoms with Gasteiger partial charge in [-0.15, -0.1) is 0 Å². The normalized spacial score (nSPS) is 15.2. The van der Waals surface area contributed by atoms with Gasteiger partial charge in [0.05, 0.1) is 26.3 Å². The number of carbonyl (C=O) groups is 2. The third-order valence-electron chi connectivity index (χ3n) is 4.28. The predicted octanol–water partition coefficient (Wildman–Crippen LogP) is 2.15. The van der Waals surface area contributed by atoms with Crippen LogP contribution in [0.15, 0.2) is 42.5 Å². The van der Waals surface area contributed by atoms with Gasteiger partial charge in [-0.1, -0.05) is 12.1 Å². The Balaban J connectivity index is 1.53. The highest BCUT2D eigenvalue weighted by molar-refractivity contribution is 5.99. The summed E-state index contributed by atoms with van der Waals surface area (Å²) in [4.78, 5) is 24.3.